The fraction of sp³-hybridized carbons (Fsp3) is 0.773. The smallest absolute Gasteiger partial charge is 0.228 e. The van der Waals surface area contributed by atoms with E-state index in [2.05, 4.69) is 47.4 Å². The van der Waals surface area contributed by atoms with Crippen LogP contribution in [0.5, 0.6) is 0 Å². The molecule has 1 aliphatic carbocycles. The van der Waals surface area contributed by atoms with Gasteiger partial charge in [0.2, 0.25) is 5.91 Å². The van der Waals surface area contributed by atoms with Crippen LogP contribution in [-0.4, -0.2) is 47.4 Å². The van der Waals surface area contributed by atoms with Crippen molar-refractivity contribution in [1.29, 1.82) is 0 Å². The number of fused-ring (bicyclic) bond motifs is 1. The lowest BCUT2D eigenvalue weighted by Crippen LogP contribution is -2.52. The topological polar surface area (TPSA) is 23.6 Å². The first-order valence-corrected chi connectivity index (χ1v) is 11.5. The van der Waals surface area contributed by atoms with Crippen LogP contribution in [-0.2, 0) is 4.79 Å². The Morgan fingerprint density at radius 2 is 1.88 bits per heavy atom. The molecule has 0 N–H and O–H groups in total. The Bertz CT molecular complexity index is 615. The maximum atomic E-state index is 13.1. The largest absolute Gasteiger partial charge is 0.338 e. The van der Waals surface area contributed by atoms with Crippen molar-refractivity contribution in [2.45, 2.75) is 77.3 Å². The Morgan fingerprint density at radius 1 is 1.12 bits per heavy atom. The van der Waals surface area contributed by atoms with Crippen LogP contribution in [0.15, 0.2) is 16.8 Å². The van der Waals surface area contributed by atoms with Gasteiger partial charge in [-0.15, -0.1) is 0 Å². The average molecular weight is 375 g/mol. The van der Waals surface area contributed by atoms with Crippen LogP contribution in [0.1, 0.15) is 70.8 Å². The monoisotopic (exact) mass is 374 g/mol. The average Bonchev–Trinajstić information content (AvgIpc) is 3.28. The van der Waals surface area contributed by atoms with Crippen molar-refractivity contribution < 1.29 is 4.79 Å². The summed E-state index contributed by atoms with van der Waals surface area (Å²) in [4.78, 5) is 18.2. The molecular weight excluding hydrogens is 340 g/mol. The summed E-state index contributed by atoms with van der Waals surface area (Å²) in [7, 11) is 0. The Morgan fingerprint density at radius 3 is 2.54 bits per heavy atom. The van der Waals surface area contributed by atoms with Crippen LogP contribution >= 0.6 is 11.3 Å². The van der Waals surface area contributed by atoms with Crippen molar-refractivity contribution >= 4 is 17.2 Å². The van der Waals surface area contributed by atoms with Gasteiger partial charge in [-0.05, 0) is 41.7 Å². The third kappa shape index (κ3) is 3.47. The zero-order chi connectivity index (χ0) is 18.3. The number of hydrogen-bond acceptors (Lipinski definition) is 3. The molecule has 0 unspecified atom stereocenters. The molecule has 4 heteroatoms. The highest BCUT2D eigenvalue weighted by atomic mass is 32.1. The molecule has 1 saturated carbocycles. The summed E-state index contributed by atoms with van der Waals surface area (Å²) >= 11 is 1.79. The van der Waals surface area contributed by atoms with Crippen LogP contribution in [0.4, 0.5) is 0 Å². The number of likely N-dealkylation sites (tertiary alicyclic amines) is 2. The summed E-state index contributed by atoms with van der Waals surface area (Å²) in [6.45, 7) is 9.48. The van der Waals surface area contributed by atoms with E-state index < -0.39 is 0 Å². The molecule has 0 aromatic carbocycles. The molecule has 0 radical (unpaired) electrons. The van der Waals surface area contributed by atoms with Gasteiger partial charge in [0.1, 0.15) is 0 Å². The van der Waals surface area contributed by atoms with Gasteiger partial charge in [0.25, 0.3) is 0 Å². The van der Waals surface area contributed by atoms with E-state index in [0.717, 1.165) is 19.0 Å². The minimum absolute atomic E-state index is 0.283. The standard InChI is InChI=1S/C22H34N2OS/c1-22(2,3)21(25)24-14-18(16-10-12-26-15-16)19-13-23(11-9-20(19)24)17-7-5-4-6-8-17/h10,12,15,17-20H,4-9,11,13-14H2,1-3H3/t18-,19-,20-/m1/s1. The van der Waals surface area contributed by atoms with E-state index in [0.29, 0.717) is 23.8 Å². The first-order chi connectivity index (χ1) is 12.4. The number of carbonyl (C=O) groups is 1. The molecule has 2 aliphatic heterocycles. The number of piperidine rings is 1. The van der Waals surface area contributed by atoms with E-state index >= 15 is 0 Å². The highest BCUT2D eigenvalue weighted by Crippen LogP contribution is 2.44. The van der Waals surface area contributed by atoms with E-state index in [1.165, 1.54) is 50.8 Å². The fourth-order valence-corrected chi connectivity index (χ4v) is 6.27. The molecule has 3 fully saturated rings. The zero-order valence-electron chi connectivity index (χ0n) is 16.6. The number of rotatable bonds is 2. The maximum Gasteiger partial charge on any atom is 0.228 e. The third-order valence-corrected chi connectivity index (χ3v) is 7.63. The third-order valence-electron chi connectivity index (χ3n) is 6.93. The number of thiophene rings is 1. The van der Waals surface area contributed by atoms with E-state index in [4.69, 9.17) is 0 Å². The second-order valence-electron chi connectivity index (χ2n) is 9.68. The van der Waals surface area contributed by atoms with Gasteiger partial charge >= 0.3 is 0 Å². The quantitative estimate of drug-likeness (QED) is 0.746. The lowest BCUT2D eigenvalue weighted by Gasteiger charge is -2.44. The summed E-state index contributed by atoms with van der Waals surface area (Å²) in [5, 5.41) is 4.51. The highest BCUT2D eigenvalue weighted by molar-refractivity contribution is 7.08. The van der Waals surface area contributed by atoms with E-state index in [9.17, 15) is 4.79 Å². The predicted octanol–water partition coefficient (Wildman–Crippen LogP) is 4.74. The van der Waals surface area contributed by atoms with Crippen LogP contribution in [0.25, 0.3) is 0 Å². The van der Waals surface area contributed by atoms with Crippen LogP contribution in [0.2, 0.25) is 0 Å². The minimum Gasteiger partial charge on any atom is -0.338 e. The number of carbonyl (C=O) groups excluding carboxylic acids is 1. The van der Waals surface area contributed by atoms with Gasteiger partial charge in [0, 0.05) is 49.0 Å². The molecule has 0 bridgehead atoms. The van der Waals surface area contributed by atoms with Crippen LogP contribution < -0.4 is 0 Å². The van der Waals surface area contributed by atoms with E-state index in [1.807, 2.05) is 0 Å². The predicted molar refractivity (Wildman–Crippen MR) is 109 cm³/mol. The second kappa shape index (κ2) is 7.27. The van der Waals surface area contributed by atoms with Crippen molar-refractivity contribution in [2.24, 2.45) is 11.3 Å². The number of hydrogen-bond donors (Lipinski definition) is 0. The molecule has 1 aromatic rings. The first kappa shape index (κ1) is 18.5. The van der Waals surface area contributed by atoms with Gasteiger partial charge in [0.15, 0.2) is 0 Å². The lowest BCUT2D eigenvalue weighted by atomic mass is 9.81. The van der Waals surface area contributed by atoms with Crippen molar-refractivity contribution in [2.75, 3.05) is 19.6 Å². The van der Waals surface area contributed by atoms with Crippen LogP contribution in [0.3, 0.4) is 0 Å². The van der Waals surface area contributed by atoms with Crippen LogP contribution in [0, 0.1) is 11.3 Å². The molecule has 4 rings (SSSR count). The Labute approximate surface area is 162 Å². The van der Waals surface area contributed by atoms with E-state index in [-0.39, 0.29) is 5.41 Å². The van der Waals surface area contributed by atoms with Gasteiger partial charge in [0.05, 0.1) is 0 Å². The second-order valence-corrected chi connectivity index (χ2v) is 10.5. The molecule has 1 amide bonds. The Hall–Kier alpha value is -0.870. The molecule has 0 spiro atoms. The lowest BCUT2D eigenvalue weighted by molar-refractivity contribution is -0.141. The molecule has 3 aliphatic rings. The van der Waals surface area contributed by atoms with Crippen molar-refractivity contribution in [3.8, 4) is 0 Å². The maximum absolute atomic E-state index is 13.1. The van der Waals surface area contributed by atoms with Crippen molar-refractivity contribution in [3.05, 3.63) is 22.4 Å². The first-order valence-electron chi connectivity index (χ1n) is 10.5. The molecule has 2 saturated heterocycles. The highest BCUT2D eigenvalue weighted by Gasteiger charge is 2.49. The normalized spacial score (nSPS) is 31.2. The number of nitrogens with zero attached hydrogens (tertiary/aromatic N) is 2. The van der Waals surface area contributed by atoms with Gasteiger partial charge in [-0.25, -0.2) is 0 Å². The summed E-state index contributed by atoms with van der Waals surface area (Å²) in [5.74, 6) is 1.46. The molecule has 3 heterocycles. The molecule has 26 heavy (non-hydrogen) atoms. The summed E-state index contributed by atoms with van der Waals surface area (Å²) in [6.07, 6.45) is 8.14. The summed E-state index contributed by atoms with van der Waals surface area (Å²) in [5.41, 5.74) is 1.17. The molecule has 3 nitrogen and oxygen atoms in total. The SMILES string of the molecule is CC(C)(C)C(=O)N1C[C@H](c2ccsc2)[C@H]2CN(C3CCCCC3)CC[C@H]21. The fourth-order valence-electron chi connectivity index (χ4n) is 5.54. The van der Waals surface area contributed by atoms with E-state index in [1.54, 1.807) is 11.3 Å². The van der Waals surface area contributed by atoms with Crippen molar-refractivity contribution in [3.63, 3.8) is 0 Å². The van der Waals surface area contributed by atoms with Gasteiger partial charge in [-0.2, -0.15) is 11.3 Å². The number of amides is 1. The zero-order valence-corrected chi connectivity index (χ0v) is 17.4. The van der Waals surface area contributed by atoms with Gasteiger partial charge < -0.3 is 4.90 Å². The molecule has 1 aromatic heterocycles. The summed E-state index contributed by atoms with van der Waals surface area (Å²) in [6, 6.07) is 3.52. The van der Waals surface area contributed by atoms with Gasteiger partial charge in [-0.1, -0.05) is 40.0 Å². The summed E-state index contributed by atoms with van der Waals surface area (Å²) < 4.78 is 0. The molecular formula is C22H34N2OS. The molecule has 144 valence electrons. The minimum atomic E-state index is -0.283. The van der Waals surface area contributed by atoms with Crippen molar-refractivity contribution in [1.82, 2.24) is 9.80 Å². The molecule has 3 atom stereocenters. The Kier molecular flexibility index (Phi) is 5.17. The Balaban J connectivity index is 1.56. The van der Waals surface area contributed by atoms with Gasteiger partial charge in [-0.3, -0.25) is 9.69 Å².